The van der Waals surface area contributed by atoms with E-state index < -0.39 is 0 Å². The minimum atomic E-state index is 0. The Bertz CT molecular complexity index is 347. The van der Waals surface area contributed by atoms with Gasteiger partial charge in [-0.25, -0.2) is 4.99 Å². The molecule has 1 aliphatic rings. The van der Waals surface area contributed by atoms with Crippen LogP contribution >= 0.6 is 24.0 Å². The van der Waals surface area contributed by atoms with Gasteiger partial charge in [0.05, 0.1) is 0 Å². The van der Waals surface area contributed by atoms with Crippen LogP contribution in [0.5, 0.6) is 0 Å². The first-order valence-corrected chi connectivity index (χ1v) is 8.28. The molecule has 1 rings (SSSR count). The lowest BCUT2D eigenvalue weighted by molar-refractivity contribution is -0.127. The summed E-state index contributed by atoms with van der Waals surface area (Å²) in [5.74, 6) is 1.60. The van der Waals surface area contributed by atoms with E-state index in [0.717, 1.165) is 31.3 Å². The van der Waals surface area contributed by atoms with Crippen molar-refractivity contribution < 1.29 is 4.79 Å². The molecule has 2 N–H and O–H groups in total. The Hall–Kier alpha value is -0.530. The highest BCUT2D eigenvalue weighted by Crippen LogP contribution is 2.23. The number of hydrogen-bond donors (Lipinski definition) is 2. The molecule has 0 heterocycles. The summed E-state index contributed by atoms with van der Waals surface area (Å²) in [6, 6.07) is 0.482. The Kier molecular flexibility index (Phi) is 11.7. The van der Waals surface area contributed by atoms with Gasteiger partial charge in [0, 0.05) is 26.7 Å². The minimum Gasteiger partial charge on any atom is -0.356 e. The van der Waals surface area contributed by atoms with Gasteiger partial charge in [0.25, 0.3) is 0 Å². The summed E-state index contributed by atoms with van der Waals surface area (Å²) in [4.78, 5) is 17.7. The summed E-state index contributed by atoms with van der Waals surface area (Å²) >= 11 is 0. The van der Waals surface area contributed by atoms with Gasteiger partial charge in [0.2, 0.25) is 5.91 Å². The third kappa shape index (κ3) is 8.80. The van der Waals surface area contributed by atoms with E-state index in [4.69, 9.17) is 0 Å². The summed E-state index contributed by atoms with van der Waals surface area (Å²) in [5.41, 5.74) is 0. The Morgan fingerprint density at radius 1 is 1.32 bits per heavy atom. The van der Waals surface area contributed by atoms with Gasteiger partial charge in [-0.15, -0.1) is 24.0 Å². The zero-order chi connectivity index (χ0) is 15.7. The van der Waals surface area contributed by atoms with Crippen LogP contribution in [0.3, 0.4) is 0 Å². The number of guanidine groups is 1. The van der Waals surface area contributed by atoms with Gasteiger partial charge >= 0.3 is 0 Å². The molecule has 0 aromatic rings. The summed E-state index contributed by atoms with van der Waals surface area (Å²) in [6.45, 7) is 5.59. The molecule has 0 saturated heterocycles. The van der Waals surface area contributed by atoms with Crippen molar-refractivity contribution in [1.29, 1.82) is 0 Å². The van der Waals surface area contributed by atoms with E-state index in [1.165, 1.54) is 25.7 Å². The molecule has 22 heavy (non-hydrogen) atoms. The van der Waals surface area contributed by atoms with Crippen LogP contribution in [-0.4, -0.2) is 50.0 Å². The number of amides is 1. The molecule has 2 atom stereocenters. The van der Waals surface area contributed by atoms with E-state index in [1.54, 1.807) is 19.0 Å². The van der Waals surface area contributed by atoms with Gasteiger partial charge in [-0.2, -0.15) is 0 Å². The number of aliphatic imine (C=N–C) groups is 1. The van der Waals surface area contributed by atoms with Crippen molar-refractivity contribution in [2.24, 2.45) is 10.9 Å². The number of hydrogen-bond acceptors (Lipinski definition) is 2. The molecule has 0 aromatic carbocycles. The van der Waals surface area contributed by atoms with Gasteiger partial charge in [-0.05, 0) is 25.2 Å². The predicted octanol–water partition coefficient (Wildman–Crippen LogP) is 2.61. The number of nitrogens with one attached hydrogen (secondary N) is 2. The molecular formula is C16H33IN4O. The predicted molar refractivity (Wildman–Crippen MR) is 104 cm³/mol. The Morgan fingerprint density at radius 2 is 2.05 bits per heavy atom. The Labute approximate surface area is 152 Å². The van der Waals surface area contributed by atoms with Gasteiger partial charge in [-0.3, -0.25) is 4.79 Å². The molecule has 2 unspecified atom stereocenters. The summed E-state index contributed by atoms with van der Waals surface area (Å²) in [7, 11) is 3.52. The third-order valence-electron chi connectivity index (χ3n) is 3.97. The van der Waals surface area contributed by atoms with Gasteiger partial charge in [-0.1, -0.05) is 33.1 Å². The number of unbranched alkanes of at least 4 members (excludes halogenated alkanes) is 1. The maximum Gasteiger partial charge on any atom is 0.243 e. The molecule has 130 valence electrons. The topological polar surface area (TPSA) is 56.7 Å². The zero-order valence-corrected chi connectivity index (χ0v) is 16.9. The van der Waals surface area contributed by atoms with E-state index in [-0.39, 0.29) is 36.4 Å². The van der Waals surface area contributed by atoms with Crippen molar-refractivity contribution >= 4 is 35.8 Å². The molecule has 0 bridgehead atoms. The fraction of sp³-hybridized carbons (Fsp3) is 0.875. The molecule has 1 saturated carbocycles. The SMILES string of the molecule is CCCCNC(=NCC(=O)N(C)C)NC1CCCC(C)C1.I. The molecule has 0 spiro atoms. The van der Waals surface area contributed by atoms with Crippen molar-refractivity contribution in [3.05, 3.63) is 0 Å². The van der Waals surface area contributed by atoms with E-state index in [0.29, 0.717) is 6.04 Å². The lowest BCUT2D eigenvalue weighted by Crippen LogP contribution is -2.46. The summed E-state index contributed by atoms with van der Waals surface area (Å²) in [6.07, 6.45) is 7.25. The van der Waals surface area contributed by atoms with E-state index >= 15 is 0 Å². The van der Waals surface area contributed by atoms with Crippen LogP contribution in [-0.2, 0) is 4.79 Å². The molecule has 1 amide bonds. The summed E-state index contributed by atoms with van der Waals surface area (Å²) < 4.78 is 0. The summed E-state index contributed by atoms with van der Waals surface area (Å²) in [5, 5.41) is 6.85. The van der Waals surface area contributed by atoms with Crippen LogP contribution in [0.4, 0.5) is 0 Å². The fourth-order valence-corrected chi connectivity index (χ4v) is 2.58. The largest absolute Gasteiger partial charge is 0.356 e. The minimum absolute atomic E-state index is 0. The van der Waals surface area contributed by atoms with Crippen LogP contribution in [0.1, 0.15) is 52.4 Å². The molecule has 5 nitrogen and oxygen atoms in total. The lowest BCUT2D eigenvalue weighted by Gasteiger charge is -2.29. The van der Waals surface area contributed by atoms with Gasteiger partial charge < -0.3 is 15.5 Å². The molecule has 0 aromatic heterocycles. The number of rotatable bonds is 6. The van der Waals surface area contributed by atoms with Crippen molar-refractivity contribution in [3.63, 3.8) is 0 Å². The maximum atomic E-state index is 11.7. The van der Waals surface area contributed by atoms with Gasteiger partial charge in [0.1, 0.15) is 6.54 Å². The molecule has 6 heteroatoms. The number of carbonyl (C=O) groups excluding carboxylic acids is 1. The monoisotopic (exact) mass is 424 g/mol. The second-order valence-corrected chi connectivity index (χ2v) is 6.35. The first kappa shape index (κ1) is 21.5. The van der Waals surface area contributed by atoms with E-state index in [2.05, 4.69) is 29.5 Å². The van der Waals surface area contributed by atoms with Crippen molar-refractivity contribution in [2.75, 3.05) is 27.2 Å². The third-order valence-corrected chi connectivity index (χ3v) is 3.97. The zero-order valence-electron chi connectivity index (χ0n) is 14.5. The molecule has 0 radical (unpaired) electrons. The normalized spacial score (nSPS) is 21.7. The standard InChI is InChI=1S/C16H32N4O.HI/c1-5-6-10-17-16(18-12-15(21)20(3)4)19-14-9-7-8-13(2)11-14;/h13-14H,5-12H2,1-4H3,(H2,17,18,19);1H. The van der Waals surface area contributed by atoms with Crippen LogP contribution in [0.15, 0.2) is 4.99 Å². The van der Waals surface area contributed by atoms with Crippen LogP contribution in [0, 0.1) is 5.92 Å². The Morgan fingerprint density at radius 3 is 2.64 bits per heavy atom. The average Bonchev–Trinajstić information content (AvgIpc) is 2.44. The number of likely N-dealkylation sites (N-methyl/N-ethyl adjacent to an activating group) is 1. The smallest absolute Gasteiger partial charge is 0.243 e. The molecular weight excluding hydrogens is 391 g/mol. The van der Waals surface area contributed by atoms with E-state index in [9.17, 15) is 4.79 Å². The fourth-order valence-electron chi connectivity index (χ4n) is 2.58. The number of nitrogens with zero attached hydrogens (tertiary/aromatic N) is 2. The first-order chi connectivity index (χ1) is 10.0. The highest BCUT2D eigenvalue weighted by atomic mass is 127. The quantitative estimate of drug-likeness (QED) is 0.298. The lowest BCUT2D eigenvalue weighted by atomic mass is 9.87. The average molecular weight is 424 g/mol. The molecule has 0 aliphatic heterocycles. The maximum absolute atomic E-state index is 11.7. The van der Waals surface area contributed by atoms with Gasteiger partial charge in [0.15, 0.2) is 5.96 Å². The second-order valence-electron chi connectivity index (χ2n) is 6.35. The van der Waals surface area contributed by atoms with Crippen molar-refractivity contribution in [3.8, 4) is 0 Å². The first-order valence-electron chi connectivity index (χ1n) is 8.28. The van der Waals surface area contributed by atoms with Crippen LogP contribution < -0.4 is 10.6 Å². The van der Waals surface area contributed by atoms with Crippen LogP contribution in [0.2, 0.25) is 0 Å². The highest BCUT2D eigenvalue weighted by Gasteiger charge is 2.19. The second kappa shape index (κ2) is 12.0. The number of halogens is 1. The van der Waals surface area contributed by atoms with Crippen molar-refractivity contribution in [1.82, 2.24) is 15.5 Å². The Balaban J connectivity index is 0.00000441. The van der Waals surface area contributed by atoms with E-state index in [1.807, 2.05) is 0 Å². The number of carbonyl (C=O) groups is 1. The van der Waals surface area contributed by atoms with Crippen molar-refractivity contribution in [2.45, 2.75) is 58.4 Å². The molecule has 1 fully saturated rings. The molecule has 1 aliphatic carbocycles. The highest BCUT2D eigenvalue weighted by molar-refractivity contribution is 14.0. The van der Waals surface area contributed by atoms with Crippen LogP contribution in [0.25, 0.3) is 0 Å².